The predicted molar refractivity (Wildman–Crippen MR) is 52.0 cm³/mol. The third kappa shape index (κ3) is 1.91. The lowest BCUT2D eigenvalue weighted by Crippen LogP contribution is -1.88. The van der Waals surface area contributed by atoms with E-state index in [1.54, 1.807) is 0 Å². The lowest BCUT2D eigenvalue weighted by atomic mass is 10.2. The Morgan fingerprint density at radius 1 is 1.33 bits per heavy atom. The molecule has 1 N–H and O–H groups in total. The van der Waals surface area contributed by atoms with Gasteiger partial charge in [0.1, 0.15) is 11.6 Å². The molecule has 0 saturated heterocycles. The van der Waals surface area contributed by atoms with Crippen molar-refractivity contribution < 1.29 is 13.2 Å². The molecule has 0 bridgehead atoms. The van der Waals surface area contributed by atoms with Crippen LogP contribution in [0, 0.1) is 16.5 Å². The highest BCUT2D eigenvalue weighted by Gasteiger charge is 2.14. The average Bonchev–Trinajstić information content (AvgIpc) is 2.58. The van der Waals surface area contributed by atoms with Gasteiger partial charge in [0, 0.05) is 0 Å². The summed E-state index contributed by atoms with van der Waals surface area (Å²) in [6, 6.07) is 1.74. The SMILES string of the molecule is Fc1cc(-c2n[nH]c(=S)o2)c(F)cc1Cl. The molecule has 3 nitrogen and oxygen atoms in total. The zero-order valence-corrected chi connectivity index (χ0v) is 8.62. The van der Waals surface area contributed by atoms with E-state index in [1.807, 2.05) is 0 Å². The maximum atomic E-state index is 13.3. The van der Waals surface area contributed by atoms with Crippen molar-refractivity contribution in [2.75, 3.05) is 0 Å². The van der Waals surface area contributed by atoms with Gasteiger partial charge in [-0.2, -0.15) is 0 Å². The minimum atomic E-state index is -0.753. The molecule has 1 heterocycles. The van der Waals surface area contributed by atoms with Gasteiger partial charge in [0.25, 0.3) is 4.84 Å². The van der Waals surface area contributed by atoms with Gasteiger partial charge >= 0.3 is 0 Å². The van der Waals surface area contributed by atoms with Crippen LogP contribution in [0.2, 0.25) is 5.02 Å². The second-order valence-electron chi connectivity index (χ2n) is 2.66. The van der Waals surface area contributed by atoms with Gasteiger partial charge in [0.05, 0.1) is 10.6 Å². The number of H-pyrrole nitrogens is 1. The number of hydrogen-bond acceptors (Lipinski definition) is 3. The highest BCUT2D eigenvalue weighted by atomic mass is 35.5. The largest absolute Gasteiger partial charge is 0.409 e. The lowest BCUT2D eigenvalue weighted by molar-refractivity contribution is 0.540. The fourth-order valence-electron chi connectivity index (χ4n) is 1.03. The van der Waals surface area contributed by atoms with Crippen molar-refractivity contribution in [1.29, 1.82) is 0 Å². The van der Waals surface area contributed by atoms with Crippen molar-refractivity contribution in [1.82, 2.24) is 10.2 Å². The number of hydrogen-bond donors (Lipinski definition) is 1. The van der Waals surface area contributed by atoms with E-state index in [-0.39, 0.29) is 21.3 Å². The van der Waals surface area contributed by atoms with Crippen LogP contribution in [-0.4, -0.2) is 10.2 Å². The maximum absolute atomic E-state index is 13.3. The molecule has 7 heteroatoms. The van der Waals surface area contributed by atoms with E-state index in [4.69, 9.17) is 16.0 Å². The smallest absolute Gasteiger partial charge is 0.284 e. The molecular formula is C8H3ClF2N2OS. The average molecular weight is 249 g/mol. The molecule has 0 aliphatic carbocycles. The number of halogens is 3. The van der Waals surface area contributed by atoms with Crippen molar-refractivity contribution in [2.24, 2.45) is 0 Å². The first kappa shape index (κ1) is 10.3. The van der Waals surface area contributed by atoms with E-state index >= 15 is 0 Å². The molecule has 0 spiro atoms. The molecule has 0 aliphatic rings. The lowest BCUT2D eigenvalue weighted by Gasteiger charge is -1.99. The molecule has 0 radical (unpaired) electrons. The minimum Gasteiger partial charge on any atom is -0.409 e. The summed E-state index contributed by atoms with van der Waals surface area (Å²) in [5.41, 5.74) is -0.135. The Hall–Kier alpha value is -1.27. The van der Waals surface area contributed by atoms with Crippen molar-refractivity contribution in [2.45, 2.75) is 0 Å². The van der Waals surface area contributed by atoms with Crippen LogP contribution in [0.3, 0.4) is 0 Å². The molecule has 2 rings (SSSR count). The van der Waals surface area contributed by atoms with E-state index in [0.29, 0.717) is 0 Å². The molecule has 15 heavy (non-hydrogen) atoms. The second kappa shape index (κ2) is 3.71. The standard InChI is InChI=1S/C8H3ClF2N2OS/c9-4-2-5(10)3(1-6(4)11)7-12-13-8(15)14-7/h1-2H,(H,13,15). The molecule has 2 aromatic rings. The monoisotopic (exact) mass is 248 g/mol. The molecule has 0 atom stereocenters. The van der Waals surface area contributed by atoms with Gasteiger partial charge < -0.3 is 4.42 Å². The van der Waals surface area contributed by atoms with Gasteiger partial charge in [-0.1, -0.05) is 11.6 Å². The van der Waals surface area contributed by atoms with Gasteiger partial charge in [-0.3, -0.25) is 0 Å². The third-order valence-electron chi connectivity index (χ3n) is 1.68. The van der Waals surface area contributed by atoms with Crippen molar-refractivity contribution in [3.8, 4) is 11.5 Å². The number of benzene rings is 1. The Morgan fingerprint density at radius 2 is 2.07 bits per heavy atom. The molecule has 78 valence electrons. The van der Waals surface area contributed by atoms with Crippen LogP contribution >= 0.6 is 23.8 Å². The van der Waals surface area contributed by atoms with Gasteiger partial charge in [-0.25, -0.2) is 13.9 Å². The normalized spacial score (nSPS) is 10.6. The van der Waals surface area contributed by atoms with Crippen LogP contribution in [0.1, 0.15) is 0 Å². The van der Waals surface area contributed by atoms with Gasteiger partial charge in [0.2, 0.25) is 5.89 Å². The first-order chi connectivity index (χ1) is 7.08. The highest BCUT2D eigenvalue weighted by Crippen LogP contribution is 2.26. The topological polar surface area (TPSA) is 41.8 Å². The summed E-state index contributed by atoms with van der Waals surface area (Å²) in [6.45, 7) is 0. The van der Waals surface area contributed by atoms with E-state index in [0.717, 1.165) is 12.1 Å². The molecule has 0 amide bonds. The number of rotatable bonds is 1. The van der Waals surface area contributed by atoms with Crippen LogP contribution in [0.5, 0.6) is 0 Å². The third-order valence-corrected chi connectivity index (χ3v) is 2.14. The fourth-order valence-corrected chi connectivity index (χ4v) is 1.31. The summed E-state index contributed by atoms with van der Waals surface area (Å²) in [4.78, 5) is -0.0141. The summed E-state index contributed by atoms with van der Waals surface area (Å²) in [5.74, 6) is -1.60. The second-order valence-corrected chi connectivity index (χ2v) is 3.44. The van der Waals surface area contributed by atoms with E-state index in [2.05, 4.69) is 22.4 Å². The summed E-state index contributed by atoms with van der Waals surface area (Å²) in [7, 11) is 0. The van der Waals surface area contributed by atoms with Crippen molar-refractivity contribution >= 4 is 23.8 Å². The molecule has 1 aromatic heterocycles. The van der Waals surface area contributed by atoms with Gasteiger partial charge in [-0.05, 0) is 24.4 Å². The summed E-state index contributed by atoms with van der Waals surface area (Å²) >= 11 is 9.99. The van der Waals surface area contributed by atoms with Crippen molar-refractivity contribution in [3.63, 3.8) is 0 Å². The Morgan fingerprint density at radius 3 is 2.67 bits per heavy atom. The zero-order valence-electron chi connectivity index (χ0n) is 7.05. The number of nitrogens with one attached hydrogen (secondary N) is 1. The maximum Gasteiger partial charge on any atom is 0.284 e. The number of aromatic nitrogens is 2. The van der Waals surface area contributed by atoms with Gasteiger partial charge in [-0.15, -0.1) is 5.10 Å². The summed E-state index contributed by atoms with van der Waals surface area (Å²) in [5, 5.41) is 5.58. The Bertz CT molecular complexity index is 566. The molecular weight excluding hydrogens is 246 g/mol. The summed E-state index contributed by atoms with van der Waals surface area (Å²) < 4.78 is 31.2. The minimum absolute atomic E-state index is 0.0141. The zero-order chi connectivity index (χ0) is 11.0. The first-order valence-electron chi connectivity index (χ1n) is 3.78. The Balaban J connectivity index is 2.63. The van der Waals surface area contributed by atoms with Crippen LogP contribution in [0.25, 0.3) is 11.5 Å². The van der Waals surface area contributed by atoms with Crippen molar-refractivity contribution in [3.05, 3.63) is 33.6 Å². The van der Waals surface area contributed by atoms with E-state index < -0.39 is 11.6 Å². The van der Waals surface area contributed by atoms with E-state index in [1.165, 1.54) is 0 Å². The quantitative estimate of drug-likeness (QED) is 0.622. The molecule has 0 unspecified atom stereocenters. The Labute approximate surface area is 92.7 Å². The van der Waals surface area contributed by atoms with Crippen LogP contribution in [-0.2, 0) is 0 Å². The van der Waals surface area contributed by atoms with Crippen LogP contribution < -0.4 is 0 Å². The molecule has 0 fully saturated rings. The Kier molecular flexibility index (Phi) is 2.54. The number of aromatic amines is 1. The molecule has 0 aliphatic heterocycles. The molecule has 1 aromatic carbocycles. The highest BCUT2D eigenvalue weighted by molar-refractivity contribution is 7.71. The number of nitrogens with zero attached hydrogens (tertiary/aromatic N) is 1. The van der Waals surface area contributed by atoms with Crippen LogP contribution in [0.4, 0.5) is 8.78 Å². The van der Waals surface area contributed by atoms with Gasteiger partial charge in [0.15, 0.2) is 0 Å². The van der Waals surface area contributed by atoms with E-state index in [9.17, 15) is 8.78 Å². The molecule has 0 saturated carbocycles. The first-order valence-corrected chi connectivity index (χ1v) is 4.57. The summed E-state index contributed by atoms with van der Waals surface area (Å²) in [6.07, 6.45) is 0. The fraction of sp³-hybridized carbons (Fsp3) is 0. The predicted octanol–water partition coefficient (Wildman–Crippen LogP) is 3.33. The van der Waals surface area contributed by atoms with Crippen LogP contribution in [0.15, 0.2) is 16.5 Å².